The summed E-state index contributed by atoms with van der Waals surface area (Å²) < 4.78 is 20.1. The summed E-state index contributed by atoms with van der Waals surface area (Å²) in [6.45, 7) is 3.59. The molecule has 1 aromatic heterocycles. The number of amides is 1. The Hall–Kier alpha value is -4.01. The molecule has 1 amide bonds. The van der Waals surface area contributed by atoms with Gasteiger partial charge in [-0.25, -0.2) is 13.9 Å². The second kappa shape index (κ2) is 9.01. The van der Waals surface area contributed by atoms with E-state index in [1.165, 1.54) is 30.6 Å². The lowest BCUT2D eigenvalue weighted by atomic mass is 9.95. The monoisotopic (exact) mass is 435 g/mol. The number of fused-ring (bicyclic) bond motifs is 1. The molecule has 0 radical (unpaired) electrons. The lowest BCUT2D eigenvalue weighted by molar-refractivity contribution is -0.139. The number of rotatable bonds is 6. The zero-order valence-corrected chi connectivity index (χ0v) is 17.7. The van der Waals surface area contributed by atoms with Gasteiger partial charge in [0.1, 0.15) is 24.7 Å². The highest BCUT2D eigenvalue weighted by molar-refractivity contribution is 5.96. The van der Waals surface area contributed by atoms with Gasteiger partial charge in [-0.15, -0.1) is 0 Å². The summed E-state index contributed by atoms with van der Waals surface area (Å²) in [5, 5.41) is 7.07. The number of carbonyl (C=O) groups is 2. The summed E-state index contributed by atoms with van der Waals surface area (Å²) in [4.78, 5) is 31.7. The average molecular weight is 435 g/mol. The number of hydrogen-bond donors (Lipinski definition) is 1. The smallest absolute Gasteiger partial charge is 0.338 e. The van der Waals surface area contributed by atoms with E-state index in [1.54, 1.807) is 23.4 Å². The second-order valence-electron chi connectivity index (χ2n) is 7.18. The highest BCUT2D eigenvalue weighted by Gasteiger charge is 2.38. The first kappa shape index (κ1) is 21.2. The number of aromatic nitrogens is 3. The Morgan fingerprint density at radius 1 is 1.12 bits per heavy atom. The predicted molar refractivity (Wildman–Crippen MR) is 116 cm³/mol. The molecule has 2 heterocycles. The van der Waals surface area contributed by atoms with Gasteiger partial charge in [0.25, 0.3) is 0 Å². The number of nitrogens with one attached hydrogen (secondary N) is 1. The zero-order valence-electron chi connectivity index (χ0n) is 17.7. The number of allylic oxidation sites excluding steroid dienone is 1. The molecule has 0 saturated heterocycles. The van der Waals surface area contributed by atoms with E-state index in [1.807, 2.05) is 30.3 Å². The van der Waals surface area contributed by atoms with Crippen molar-refractivity contribution in [1.29, 1.82) is 0 Å². The van der Waals surface area contributed by atoms with Gasteiger partial charge in [0.2, 0.25) is 11.9 Å². The van der Waals surface area contributed by atoms with E-state index in [4.69, 9.17) is 4.74 Å². The van der Waals surface area contributed by atoms with Crippen LogP contribution in [-0.2, 0) is 14.3 Å². The molecule has 3 aromatic rings. The van der Waals surface area contributed by atoms with Crippen molar-refractivity contribution in [1.82, 2.24) is 14.8 Å². The fourth-order valence-corrected chi connectivity index (χ4v) is 3.71. The van der Waals surface area contributed by atoms with Crippen LogP contribution in [0.3, 0.4) is 0 Å². The first-order valence-electron chi connectivity index (χ1n) is 10.1. The Morgan fingerprint density at radius 3 is 2.53 bits per heavy atom. The third kappa shape index (κ3) is 4.09. The van der Waals surface area contributed by atoms with Crippen molar-refractivity contribution in [2.45, 2.75) is 19.9 Å². The summed E-state index contributed by atoms with van der Waals surface area (Å²) >= 11 is 0. The summed E-state index contributed by atoms with van der Waals surface area (Å²) in [6.07, 6.45) is 1.39. The highest BCUT2D eigenvalue weighted by Crippen LogP contribution is 2.38. The SMILES string of the molecule is CCOC(=O)C1=C(C)N(CC(=O)Nc2ccc(F)cc2)c2ncnn2[C@H]1c1ccccc1. The molecule has 1 aliphatic heterocycles. The number of nitrogens with zero attached hydrogens (tertiary/aromatic N) is 4. The zero-order chi connectivity index (χ0) is 22.7. The summed E-state index contributed by atoms with van der Waals surface area (Å²) in [5.74, 6) is -0.800. The number of anilines is 2. The number of benzene rings is 2. The van der Waals surface area contributed by atoms with Gasteiger partial charge in [0.05, 0.1) is 12.2 Å². The molecular weight excluding hydrogens is 413 g/mol. The summed E-state index contributed by atoms with van der Waals surface area (Å²) in [6, 6.07) is 14.4. The fraction of sp³-hybridized carbons (Fsp3) is 0.217. The van der Waals surface area contributed by atoms with E-state index in [9.17, 15) is 14.0 Å². The Bertz CT molecular complexity index is 1160. The van der Waals surface area contributed by atoms with Crippen LogP contribution in [0.5, 0.6) is 0 Å². The fourth-order valence-electron chi connectivity index (χ4n) is 3.71. The van der Waals surface area contributed by atoms with E-state index in [0.717, 1.165) is 5.56 Å². The van der Waals surface area contributed by atoms with E-state index in [2.05, 4.69) is 15.4 Å². The van der Waals surface area contributed by atoms with Gasteiger partial charge in [-0.1, -0.05) is 30.3 Å². The normalized spacial score (nSPS) is 15.3. The largest absolute Gasteiger partial charge is 0.463 e. The molecule has 1 atom stereocenters. The minimum Gasteiger partial charge on any atom is -0.463 e. The molecule has 9 heteroatoms. The lowest BCUT2D eigenvalue weighted by Crippen LogP contribution is -2.40. The third-order valence-corrected chi connectivity index (χ3v) is 5.15. The second-order valence-corrected chi connectivity index (χ2v) is 7.18. The topological polar surface area (TPSA) is 89.3 Å². The van der Waals surface area contributed by atoms with Gasteiger partial charge in [-0.3, -0.25) is 4.79 Å². The van der Waals surface area contributed by atoms with Crippen LogP contribution in [0.15, 0.2) is 72.2 Å². The maximum absolute atomic E-state index is 13.1. The molecule has 32 heavy (non-hydrogen) atoms. The molecule has 1 aliphatic rings. The van der Waals surface area contributed by atoms with Gasteiger partial charge in [0.15, 0.2) is 0 Å². The van der Waals surface area contributed by atoms with Crippen LogP contribution in [-0.4, -0.2) is 39.8 Å². The van der Waals surface area contributed by atoms with E-state index >= 15 is 0 Å². The van der Waals surface area contributed by atoms with Crippen molar-refractivity contribution in [2.24, 2.45) is 0 Å². The number of hydrogen-bond acceptors (Lipinski definition) is 6. The Labute approximate surface area is 184 Å². The van der Waals surface area contributed by atoms with Crippen molar-refractivity contribution in [3.8, 4) is 0 Å². The van der Waals surface area contributed by atoms with E-state index in [0.29, 0.717) is 22.9 Å². The molecule has 0 unspecified atom stereocenters. The van der Waals surface area contributed by atoms with Crippen LogP contribution in [0.4, 0.5) is 16.0 Å². The van der Waals surface area contributed by atoms with Crippen LogP contribution >= 0.6 is 0 Å². The van der Waals surface area contributed by atoms with Crippen LogP contribution < -0.4 is 10.2 Å². The summed E-state index contributed by atoms with van der Waals surface area (Å²) in [7, 11) is 0. The number of halogens is 1. The van der Waals surface area contributed by atoms with Crippen LogP contribution in [0.1, 0.15) is 25.5 Å². The Morgan fingerprint density at radius 2 is 1.84 bits per heavy atom. The van der Waals surface area contributed by atoms with Crippen molar-refractivity contribution in [3.63, 3.8) is 0 Å². The molecule has 1 N–H and O–H groups in total. The van der Waals surface area contributed by atoms with Gasteiger partial charge in [-0.2, -0.15) is 10.1 Å². The number of esters is 1. The molecule has 0 bridgehead atoms. The van der Waals surface area contributed by atoms with Gasteiger partial charge in [0, 0.05) is 11.4 Å². The number of ether oxygens (including phenoxy) is 1. The molecule has 2 aromatic carbocycles. The van der Waals surface area contributed by atoms with Gasteiger partial charge < -0.3 is 15.0 Å². The average Bonchev–Trinajstić information content (AvgIpc) is 3.27. The molecule has 0 saturated carbocycles. The quantitative estimate of drug-likeness (QED) is 0.598. The lowest BCUT2D eigenvalue weighted by Gasteiger charge is -2.35. The maximum atomic E-state index is 13.1. The van der Waals surface area contributed by atoms with E-state index in [-0.39, 0.29) is 19.1 Å². The van der Waals surface area contributed by atoms with Crippen LogP contribution in [0.25, 0.3) is 0 Å². The number of carbonyl (C=O) groups excluding carboxylic acids is 2. The predicted octanol–water partition coefficient (Wildman–Crippen LogP) is 3.30. The van der Waals surface area contributed by atoms with Crippen molar-refractivity contribution >= 4 is 23.5 Å². The highest BCUT2D eigenvalue weighted by atomic mass is 19.1. The maximum Gasteiger partial charge on any atom is 0.338 e. The Kier molecular flexibility index (Phi) is 5.98. The van der Waals surface area contributed by atoms with E-state index < -0.39 is 17.8 Å². The van der Waals surface area contributed by atoms with Crippen LogP contribution in [0.2, 0.25) is 0 Å². The first-order chi connectivity index (χ1) is 15.5. The van der Waals surface area contributed by atoms with Gasteiger partial charge in [-0.05, 0) is 43.7 Å². The van der Waals surface area contributed by atoms with Crippen molar-refractivity contribution in [2.75, 3.05) is 23.4 Å². The Balaban J connectivity index is 1.71. The molecule has 0 fully saturated rings. The molecule has 164 valence electrons. The van der Waals surface area contributed by atoms with Crippen LogP contribution in [0, 0.1) is 5.82 Å². The minimum atomic E-state index is -0.538. The van der Waals surface area contributed by atoms with Crippen molar-refractivity contribution < 1.29 is 18.7 Å². The van der Waals surface area contributed by atoms with Crippen molar-refractivity contribution in [3.05, 3.63) is 83.6 Å². The molecule has 0 spiro atoms. The third-order valence-electron chi connectivity index (χ3n) is 5.15. The molecule has 8 nitrogen and oxygen atoms in total. The molecule has 0 aliphatic carbocycles. The standard InChI is InChI=1S/C23H22FN5O3/c1-3-32-22(31)20-15(2)28(13-19(30)27-18-11-9-17(24)10-12-18)23-25-14-26-29(23)21(20)16-7-5-4-6-8-16/h4-12,14,21H,3,13H2,1-2H3,(H,27,30)/t21-/m0/s1. The molecular formula is C23H22FN5O3. The first-order valence-corrected chi connectivity index (χ1v) is 10.1. The minimum absolute atomic E-state index is 0.119. The van der Waals surface area contributed by atoms with Gasteiger partial charge >= 0.3 is 5.97 Å². The summed E-state index contributed by atoms with van der Waals surface area (Å²) in [5.41, 5.74) is 2.24. The molecule has 4 rings (SSSR count).